The van der Waals surface area contributed by atoms with Crippen LogP contribution in [0.2, 0.25) is 0 Å². The first kappa shape index (κ1) is 13.6. The highest BCUT2D eigenvalue weighted by Crippen LogP contribution is 2.39. The molecule has 0 bridgehead atoms. The second-order valence-electron chi connectivity index (χ2n) is 5.22. The van der Waals surface area contributed by atoms with Gasteiger partial charge in [0.2, 0.25) is 0 Å². The van der Waals surface area contributed by atoms with E-state index in [9.17, 15) is 4.79 Å². The number of nitrogens with one attached hydrogen (secondary N) is 1. The van der Waals surface area contributed by atoms with Crippen LogP contribution in [0.25, 0.3) is 0 Å². The second-order valence-corrected chi connectivity index (χ2v) is 5.22. The third-order valence-electron chi connectivity index (χ3n) is 4.10. The van der Waals surface area contributed by atoms with Gasteiger partial charge >= 0.3 is 0 Å². The van der Waals surface area contributed by atoms with Gasteiger partial charge in [-0.2, -0.15) is 5.01 Å². The van der Waals surface area contributed by atoms with Crippen molar-refractivity contribution < 1.29 is 4.79 Å². The van der Waals surface area contributed by atoms with Gasteiger partial charge in [0.15, 0.2) is 0 Å². The van der Waals surface area contributed by atoms with Crippen molar-refractivity contribution in [2.75, 3.05) is 0 Å². The van der Waals surface area contributed by atoms with Gasteiger partial charge < -0.3 is 0 Å². The first-order valence-electron chi connectivity index (χ1n) is 7.04. The summed E-state index contributed by atoms with van der Waals surface area (Å²) in [6, 6.07) is 20.0. The van der Waals surface area contributed by atoms with Crippen LogP contribution in [-0.2, 0) is 10.3 Å². The van der Waals surface area contributed by atoms with Gasteiger partial charge in [-0.05, 0) is 18.1 Å². The summed E-state index contributed by atoms with van der Waals surface area (Å²) in [5.41, 5.74) is 4.51. The van der Waals surface area contributed by atoms with Gasteiger partial charge in [-0.3, -0.25) is 10.2 Å². The molecule has 3 rings (SSSR count). The molecule has 1 fully saturated rings. The average Bonchev–Trinajstić information content (AvgIpc) is 2.57. The third-order valence-corrected chi connectivity index (χ3v) is 4.10. The first-order chi connectivity index (χ1) is 10.2. The molecule has 0 saturated carbocycles. The molecule has 1 saturated heterocycles. The molecule has 1 amide bonds. The Morgan fingerprint density at radius 3 is 1.86 bits per heavy atom. The number of nitrogens with zero attached hydrogens (tertiary/aromatic N) is 1. The number of carbonyl (C=O) groups excluding carboxylic acids is 1. The van der Waals surface area contributed by atoms with Crippen molar-refractivity contribution in [2.24, 2.45) is 0 Å². The molecule has 0 radical (unpaired) electrons. The second kappa shape index (κ2) is 5.19. The minimum atomic E-state index is -0.560. The van der Waals surface area contributed by atoms with Crippen molar-refractivity contribution in [3.05, 3.63) is 84.4 Å². The van der Waals surface area contributed by atoms with Crippen LogP contribution in [0.15, 0.2) is 73.3 Å². The molecule has 3 heteroatoms. The molecule has 3 nitrogen and oxygen atoms in total. The van der Waals surface area contributed by atoms with Crippen molar-refractivity contribution in [3.63, 3.8) is 0 Å². The van der Waals surface area contributed by atoms with Crippen molar-refractivity contribution in [3.8, 4) is 0 Å². The van der Waals surface area contributed by atoms with Gasteiger partial charge in [-0.1, -0.05) is 66.7 Å². The van der Waals surface area contributed by atoms with Crippen molar-refractivity contribution in [2.45, 2.75) is 18.5 Å². The Balaban J connectivity index is 2.19. The van der Waals surface area contributed by atoms with Crippen LogP contribution >= 0.6 is 0 Å². The van der Waals surface area contributed by atoms with E-state index in [2.05, 4.69) is 36.3 Å². The maximum absolute atomic E-state index is 11.7. The lowest BCUT2D eigenvalue weighted by molar-refractivity contribution is -0.154. The number of hydrazine groups is 1. The fraction of sp³-hybridized carbons (Fsp3) is 0.167. The summed E-state index contributed by atoms with van der Waals surface area (Å²) in [4.78, 5) is 11.7. The summed E-state index contributed by atoms with van der Waals surface area (Å²) in [5, 5.41) is 1.97. The Hall–Kier alpha value is -2.39. The van der Waals surface area contributed by atoms with E-state index in [4.69, 9.17) is 0 Å². The first-order valence-corrected chi connectivity index (χ1v) is 7.04. The summed E-state index contributed by atoms with van der Waals surface area (Å²) in [7, 11) is 0. The highest BCUT2D eigenvalue weighted by atomic mass is 16.2. The van der Waals surface area contributed by atoms with Crippen LogP contribution < -0.4 is 5.43 Å². The summed E-state index contributed by atoms with van der Waals surface area (Å²) >= 11 is 0. The maximum Gasteiger partial charge on any atom is 0.253 e. The molecule has 0 aliphatic carbocycles. The molecule has 0 spiro atoms. The van der Waals surface area contributed by atoms with Gasteiger partial charge in [0, 0.05) is 0 Å². The standard InChI is InChI=1S/C18H18N2O/c1-3-18(15-10-6-4-7-11-15,16-12-8-5-9-13-16)20-14(2)17(21)19-20/h3-14H,1H2,2H3,(H,19,21). The number of carbonyl (C=O) groups is 1. The molecule has 0 aromatic heterocycles. The van der Waals surface area contributed by atoms with E-state index in [1.807, 2.05) is 54.4 Å². The van der Waals surface area contributed by atoms with E-state index < -0.39 is 5.54 Å². The molecule has 1 aliphatic rings. The number of amides is 1. The molecule has 21 heavy (non-hydrogen) atoms. The SMILES string of the molecule is C=CC(c1ccccc1)(c1ccccc1)N1NC(=O)C1C. The Bertz CT molecular complexity index is 612. The largest absolute Gasteiger partial charge is 0.285 e. The Morgan fingerprint density at radius 1 is 1.05 bits per heavy atom. The molecule has 1 heterocycles. The van der Waals surface area contributed by atoms with E-state index in [0.717, 1.165) is 11.1 Å². The fourth-order valence-corrected chi connectivity index (χ4v) is 2.92. The lowest BCUT2D eigenvalue weighted by Gasteiger charge is -2.51. The normalized spacial score (nSPS) is 18.7. The highest BCUT2D eigenvalue weighted by Gasteiger charge is 2.48. The molecular weight excluding hydrogens is 260 g/mol. The maximum atomic E-state index is 11.7. The predicted molar refractivity (Wildman–Crippen MR) is 83.3 cm³/mol. The smallest absolute Gasteiger partial charge is 0.253 e. The molecule has 1 unspecified atom stereocenters. The summed E-state index contributed by atoms with van der Waals surface area (Å²) in [5.74, 6) is 0.0353. The van der Waals surface area contributed by atoms with Crippen LogP contribution in [0.4, 0.5) is 0 Å². The van der Waals surface area contributed by atoms with Crippen LogP contribution in [0.3, 0.4) is 0 Å². The summed E-state index contributed by atoms with van der Waals surface area (Å²) < 4.78 is 0. The van der Waals surface area contributed by atoms with Gasteiger partial charge in [0.05, 0.1) is 0 Å². The van der Waals surface area contributed by atoms with E-state index in [1.165, 1.54) is 0 Å². The molecule has 1 N–H and O–H groups in total. The molecule has 1 atom stereocenters. The quantitative estimate of drug-likeness (QED) is 0.872. The van der Waals surface area contributed by atoms with Crippen LogP contribution in [-0.4, -0.2) is 17.0 Å². The number of hydrogen-bond donors (Lipinski definition) is 1. The molecule has 106 valence electrons. The zero-order valence-electron chi connectivity index (χ0n) is 12.0. The van der Waals surface area contributed by atoms with Gasteiger partial charge in [0.1, 0.15) is 11.6 Å². The zero-order chi connectivity index (χ0) is 14.9. The summed E-state index contributed by atoms with van der Waals surface area (Å²) in [6.45, 7) is 5.96. The number of rotatable bonds is 4. The van der Waals surface area contributed by atoms with Crippen molar-refractivity contribution in [1.82, 2.24) is 10.4 Å². The van der Waals surface area contributed by atoms with E-state index in [0.29, 0.717) is 0 Å². The Morgan fingerprint density at radius 2 is 1.52 bits per heavy atom. The monoisotopic (exact) mass is 278 g/mol. The van der Waals surface area contributed by atoms with E-state index >= 15 is 0 Å². The highest BCUT2D eigenvalue weighted by molar-refractivity contribution is 5.86. The zero-order valence-corrected chi connectivity index (χ0v) is 12.0. The number of benzene rings is 2. The van der Waals surface area contributed by atoms with Crippen LogP contribution in [0, 0.1) is 0 Å². The molecule has 2 aromatic carbocycles. The predicted octanol–water partition coefficient (Wildman–Crippen LogP) is 2.85. The van der Waals surface area contributed by atoms with Crippen LogP contribution in [0.1, 0.15) is 18.1 Å². The third kappa shape index (κ3) is 1.98. The Labute approximate surface area is 124 Å². The topological polar surface area (TPSA) is 32.3 Å². The minimum Gasteiger partial charge on any atom is -0.285 e. The molecule has 1 aliphatic heterocycles. The molecule has 2 aromatic rings. The van der Waals surface area contributed by atoms with Crippen molar-refractivity contribution >= 4 is 5.91 Å². The van der Waals surface area contributed by atoms with Crippen LogP contribution in [0.5, 0.6) is 0 Å². The average molecular weight is 278 g/mol. The molecular formula is C18H18N2O. The van der Waals surface area contributed by atoms with E-state index in [1.54, 1.807) is 0 Å². The lowest BCUT2D eigenvalue weighted by Crippen LogP contribution is -2.72. The minimum absolute atomic E-state index is 0.0353. The van der Waals surface area contributed by atoms with Gasteiger partial charge in [-0.25, -0.2) is 0 Å². The van der Waals surface area contributed by atoms with E-state index in [-0.39, 0.29) is 11.9 Å². The summed E-state index contributed by atoms with van der Waals surface area (Å²) in [6.07, 6.45) is 1.90. The lowest BCUT2D eigenvalue weighted by atomic mass is 9.80. The van der Waals surface area contributed by atoms with Crippen molar-refractivity contribution in [1.29, 1.82) is 0 Å². The fourth-order valence-electron chi connectivity index (χ4n) is 2.92. The Kier molecular flexibility index (Phi) is 3.35. The number of hydrogen-bond acceptors (Lipinski definition) is 2. The van der Waals surface area contributed by atoms with Gasteiger partial charge in [-0.15, -0.1) is 6.58 Å². The van der Waals surface area contributed by atoms with Gasteiger partial charge in [0.25, 0.3) is 5.91 Å².